The predicted octanol–water partition coefficient (Wildman–Crippen LogP) is 1.53. The Morgan fingerprint density at radius 3 is 2.47 bits per heavy atom. The second-order valence-electron chi connectivity index (χ2n) is 6.53. The number of nitrogens with zero attached hydrogens (tertiary/aromatic N) is 1. The molecule has 160 valence electrons. The minimum atomic E-state index is -0.796. The van der Waals surface area contributed by atoms with Gasteiger partial charge in [-0.3, -0.25) is 20.4 Å². The first kappa shape index (κ1) is 22.8. The molecule has 2 rings (SSSR count). The summed E-state index contributed by atoms with van der Waals surface area (Å²) < 4.78 is 4.96. The van der Waals surface area contributed by atoms with E-state index in [9.17, 15) is 19.2 Å². The lowest BCUT2D eigenvalue weighted by Gasteiger charge is -2.13. The number of thiazole rings is 1. The number of carbonyl (C=O) groups excluding carboxylic acids is 4. The Morgan fingerprint density at radius 2 is 1.80 bits per heavy atom. The predicted molar refractivity (Wildman–Crippen MR) is 111 cm³/mol. The molecule has 0 spiro atoms. The normalized spacial score (nSPS) is 10.3. The summed E-state index contributed by atoms with van der Waals surface area (Å²) in [6.45, 7) is 4.81. The number of nitrogens with one attached hydrogen (secondary N) is 4. The van der Waals surface area contributed by atoms with Crippen molar-refractivity contribution in [2.75, 3.05) is 11.9 Å². The number of aromatic nitrogens is 1. The van der Waals surface area contributed by atoms with Gasteiger partial charge in [-0.1, -0.05) is 12.1 Å². The number of hydrogen-bond acceptors (Lipinski definition) is 7. The van der Waals surface area contributed by atoms with Crippen LogP contribution in [0.1, 0.15) is 34.9 Å². The van der Waals surface area contributed by atoms with Gasteiger partial charge in [-0.2, -0.15) is 0 Å². The first-order chi connectivity index (χ1) is 14.2. The van der Waals surface area contributed by atoms with E-state index in [1.165, 1.54) is 23.5 Å². The number of anilines is 1. The lowest BCUT2D eigenvalue weighted by Crippen LogP contribution is -2.44. The molecule has 0 atom stereocenters. The van der Waals surface area contributed by atoms with Crippen molar-refractivity contribution in [1.82, 2.24) is 21.2 Å². The summed E-state index contributed by atoms with van der Waals surface area (Å²) in [5.74, 6) is -1.96. The van der Waals surface area contributed by atoms with Crippen LogP contribution in [0.15, 0.2) is 29.6 Å². The SMILES string of the molecule is Cc1csc(CC(=O)NNC(=O)COC(=O)c2ccccc2NC(=O)NC(C)C)n1. The molecule has 0 saturated heterocycles. The number of hydrazine groups is 1. The molecule has 0 bridgehead atoms. The van der Waals surface area contributed by atoms with Crippen LogP contribution in [0.2, 0.25) is 0 Å². The number of hydrogen-bond donors (Lipinski definition) is 4. The van der Waals surface area contributed by atoms with E-state index in [1.54, 1.807) is 26.0 Å². The van der Waals surface area contributed by atoms with Crippen LogP contribution in [0, 0.1) is 6.92 Å². The number of esters is 1. The number of para-hydroxylation sites is 1. The summed E-state index contributed by atoms with van der Waals surface area (Å²) in [7, 11) is 0. The van der Waals surface area contributed by atoms with Gasteiger partial charge in [-0.15, -0.1) is 11.3 Å². The number of urea groups is 1. The zero-order valence-electron chi connectivity index (χ0n) is 16.8. The van der Waals surface area contributed by atoms with E-state index >= 15 is 0 Å². The summed E-state index contributed by atoms with van der Waals surface area (Å²) in [5.41, 5.74) is 5.55. The van der Waals surface area contributed by atoms with E-state index in [4.69, 9.17) is 4.74 Å². The molecule has 0 unspecified atom stereocenters. The van der Waals surface area contributed by atoms with Gasteiger partial charge in [0.05, 0.1) is 17.7 Å². The van der Waals surface area contributed by atoms with Crippen molar-refractivity contribution in [2.24, 2.45) is 0 Å². The number of carbonyl (C=O) groups is 4. The number of benzene rings is 1. The lowest BCUT2D eigenvalue weighted by molar-refractivity contribution is -0.130. The highest BCUT2D eigenvalue weighted by atomic mass is 32.1. The maximum Gasteiger partial charge on any atom is 0.340 e. The third kappa shape index (κ3) is 7.51. The minimum absolute atomic E-state index is 0.0239. The molecule has 1 aromatic heterocycles. The molecule has 0 saturated carbocycles. The van der Waals surface area contributed by atoms with Gasteiger partial charge >= 0.3 is 12.0 Å². The minimum Gasteiger partial charge on any atom is -0.452 e. The lowest BCUT2D eigenvalue weighted by atomic mass is 10.2. The maximum absolute atomic E-state index is 12.3. The van der Waals surface area contributed by atoms with Gasteiger partial charge in [-0.25, -0.2) is 14.6 Å². The number of rotatable bonds is 7. The van der Waals surface area contributed by atoms with E-state index in [0.717, 1.165) is 5.69 Å². The molecule has 1 aromatic carbocycles. The van der Waals surface area contributed by atoms with Crippen molar-refractivity contribution >= 4 is 40.8 Å². The highest BCUT2D eigenvalue weighted by Crippen LogP contribution is 2.16. The fourth-order valence-electron chi connectivity index (χ4n) is 2.24. The van der Waals surface area contributed by atoms with Crippen LogP contribution in [0.25, 0.3) is 0 Å². The topological polar surface area (TPSA) is 139 Å². The van der Waals surface area contributed by atoms with Gasteiger partial charge in [0.15, 0.2) is 6.61 Å². The summed E-state index contributed by atoms with van der Waals surface area (Å²) in [4.78, 5) is 51.9. The Morgan fingerprint density at radius 1 is 1.10 bits per heavy atom. The van der Waals surface area contributed by atoms with Crippen LogP contribution in [0.4, 0.5) is 10.5 Å². The molecule has 4 N–H and O–H groups in total. The van der Waals surface area contributed by atoms with Crippen LogP contribution >= 0.6 is 11.3 Å². The zero-order valence-corrected chi connectivity index (χ0v) is 17.6. The zero-order chi connectivity index (χ0) is 22.1. The molecule has 10 nitrogen and oxygen atoms in total. The molecule has 1 heterocycles. The summed E-state index contributed by atoms with van der Waals surface area (Å²) in [6, 6.07) is 5.69. The van der Waals surface area contributed by atoms with Gasteiger partial charge in [-0.05, 0) is 32.9 Å². The molecule has 11 heteroatoms. The van der Waals surface area contributed by atoms with Gasteiger partial charge in [0.25, 0.3) is 5.91 Å². The summed E-state index contributed by atoms with van der Waals surface area (Å²) >= 11 is 1.34. The largest absolute Gasteiger partial charge is 0.452 e. The summed E-state index contributed by atoms with van der Waals surface area (Å²) in [5, 5.41) is 7.65. The van der Waals surface area contributed by atoms with Crippen molar-refractivity contribution < 1.29 is 23.9 Å². The molecular formula is C19H23N5O5S. The van der Waals surface area contributed by atoms with Gasteiger partial charge in [0.2, 0.25) is 5.91 Å². The van der Waals surface area contributed by atoms with Crippen LogP contribution < -0.4 is 21.5 Å². The Labute approximate surface area is 177 Å². The van der Waals surface area contributed by atoms with Crippen molar-refractivity contribution in [2.45, 2.75) is 33.2 Å². The van der Waals surface area contributed by atoms with E-state index in [-0.39, 0.29) is 23.7 Å². The maximum atomic E-state index is 12.3. The van der Waals surface area contributed by atoms with Crippen molar-refractivity contribution in [3.63, 3.8) is 0 Å². The fraction of sp³-hybridized carbons (Fsp3) is 0.316. The van der Waals surface area contributed by atoms with E-state index < -0.39 is 30.4 Å². The van der Waals surface area contributed by atoms with Crippen molar-refractivity contribution in [3.8, 4) is 0 Å². The quantitative estimate of drug-likeness (QED) is 0.386. The first-order valence-electron chi connectivity index (χ1n) is 9.07. The van der Waals surface area contributed by atoms with Crippen molar-refractivity contribution in [3.05, 3.63) is 45.9 Å². The molecule has 0 fully saturated rings. The average Bonchev–Trinajstić information content (AvgIpc) is 3.08. The van der Waals surface area contributed by atoms with Crippen LogP contribution in [0.3, 0.4) is 0 Å². The standard InChI is InChI=1S/C19H23N5O5S/c1-11(2)20-19(28)22-14-7-5-4-6-13(14)18(27)29-9-16(26)24-23-15(25)8-17-21-12(3)10-30-17/h4-7,10-11H,8-9H2,1-3H3,(H,23,25)(H,24,26)(H2,20,22,28). The molecule has 30 heavy (non-hydrogen) atoms. The van der Waals surface area contributed by atoms with Crippen molar-refractivity contribution in [1.29, 1.82) is 0 Å². The third-order valence-corrected chi connectivity index (χ3v) is 4.44. The average molecular weight is 433 g/mol. The molecule has 4 amide bonds. The first-order valence-corrected chi connectivity index (χ1v) is 9.95. The second kappa shape index (κ2) is 10.9. The van der Waals surface area contributed by atoms with Crippen LogP contribution in [-0.2, 0) is 20.7 Å². The molecule has 2 aromatic rings. The number of amides is 4. The highest BCUT2D eigenvalue weighted by Gasteiger charge is 2.16. The Bertz CT molecular complexity index is 928. The Hall–Kier alpha value is -3.47. The molecule has 0 radical (unpaired) electrons. The van der Waals surface area contributed by atoms with Gasteiger partial charge < -0.3 is 15.4 Å². The molecule has 0 aliphatic carbocycles. The smallest absolute Gasteiger partial charge is 0.340 e. The van der Waals surface area contributed by atoms with Crippen LogP contribution in [-0.4, -0.2) is 41.4 Å². The number of ether oxygens (including phenoxy) is 1. The second-order valence-corrected chi connectivity index (χ2v) is 7.47. The van der Waals surface area contributed by atoms with E-state index in [1.807, 2.05) is 12.3 Å². The van der Waals surface area contributed by atoms with Gasteiger partial charge in [0, 0.05) is 17.1 Å². The van der Waals surface area contributed by atoms with E-state index in [0.29, 0.717) is 5.01 Å². The third-order valence-electron chi connectivity index (χ3n) is 3.47. The summed E-state index contributed by atoms with van der Waals surface area (Å²) in [6.07, 6.45) is 0.0239. The Balaban J connectivity index is 1.81. The Kier molecular flexibility index (Phi) is 8.29. The van der Waals surface area contributed by atoms with Gasteiger partial charge in [0.1, 0.15) is 5.01 Å². The monoisotopic (exact) mass is 433 g/mol. The molecule has 0 aliphatic rings. The number of aryl methyl sites for hydroxylation is 1. The van der Waals surface area contributed by atoms with Crippen LogP contribution in [0.5, 0.6) is 0 Å². The fourth-order valence-corrected chi connectivity index (χ4v) is 3.01. The molecule has 0 aliphatic heterocycles. The highest BCUT2D eigenvalue weighted by molar-refractivity contribution is 7.09. The molecular weight excluding hydrogens is 410 g/mol. The van der Waals surface area contributed by atoms with E-state index in [2.05, 4.69) is 26.5 Å².